The van der Waals surface area contributed by atoms with Crippen molar-refractivity contribution in [3.8, 4) is 17.0 Å². The molecule has 1 amide bonds. The molecule has 2 aliphatic rings. The van der Waals surface area contributed by atoms with Crippen LogP contribution in [0.5, 0.6) is 5.75 Å². The molecular weight excluding hydrogens is 418 g/mol. The zero-order valence-electron chi connectivity index (χ0n) is 16.2. The highest BCUT2D eigenvalue weighted by atomic mass is 32.2. The van der Waals surface area contributed by atoms with E-state index < -0.39 is 10.0 Å². The zero-order valence-corrected chi connectivity index (χ0v) is 17.0. The summed E-state index contributed by atoms with van der Waals surface area (Å²) < 4.78 is 32.9. The van der Waals surface area contributed by atoms with Gasteiger partial charge in [-0.2, -0.15) is 0 Å². The topological polar surface area (TPSA) is 114 Å². The molecule has 31 heavy (non-hydrogen) atoms. The number of anilines is 4. The number of fused-ring (bicyclic) bond motifs is 4. The first kappa shape index (κ1) is 19.1. The van der Waals surface area contributed by atoms with Crippen LogP contribution in [0.25, 0.3) is 11.3 Å². The number of para-hydroxylation sites is 1. The number of benzene rings is 2. The van der Waals surface area contributed by atoms with E-state index >= 15 is 0 Å². The number of hydrogen-bond acceptors (Lipinski definition) is 7. The van der Waals surface area contributed by atoms with Crippen molar-refractivity contribution in [2.24, 2.45) is 0 Å². The Bertz CT molecular complexity index is 1340. The molecule has 0 bridgehead atoms. The molecule has 0 unspecified atom stereocenters. The molecule has 1 aromatic heterocycles. The first-order valence-corrected chi connectivity index (χ1v) is 10.8. The lowest BCUT2D eigenvalue weighted by molar-refractivity contribution is -0.118. The summed E-state index contributed by atoms with van der Waals surface area (Å²) in [6.07, 6.45) is 2.84. The van der Waals surface area contributed by atoms with Crippen LogP contribution in [0.1, 0.15) is 0 Å². The number of sulfonamides is 1. The van der Waals surface area contributed by atoms with Gasteiger partial charge in [-0.05, 0) is 24.3 Å². The molecule has 0 atom stereocenters. The van der Waals surface area contributed by atoms with E-state index in [1.165, 1.54) is 16.6 Å². The summed E-state index contributed by atoms with van der Waals surface area (Å²) >= 11 is 0. The van der Waals surface area contributed by atoms with Gasteiger partial charge in [-0.25, -0.2) is 18.4 Å². The molecule has 2 aliphatic heterocycles. The predicted octanol–water partition coefficient (Wildman–Crippen LogP) is 2.91. The van der Waals surface area contributed by atoms with E-state index in [1.54, 1.807) is 30.3 Å². The van der Waals surface area contributed by atoms with Crippen LogP contribution in [0.15, 0.2) is 66.2 Å². The van der Waals surface area contributed by atoms with Gasteiger partial charge in [-0.15, -0.1) is 6.58 Å². The molecule has 2 aromatic carbocycles. The number of carbonyl (C=O) groups excluding carboxylic acids is 1. The highest BCUT2D eigenvalue weighted by molar-refractivity contribution is 7.93. The summed E-state index contributed by atoms with van der Waals surface area (Å²) in [7, 11) is -3.82. The number of ether oxygens (including phenoxy) is 1. The van der Waals surface area contributed by atoms with Gasteiger partial charge < -0.3 is 15.4 Å². The molecule has 156 valence electrons. The van der Waals surface area contributed by atoms with Crippen molar-refractivity contribution in [3.05, 3.63) is 61.3 Å². The minimum absolute atomic E-state index is 0.0234. The Morgan fingerprint density at radius 1 is 1.26 bits per heavy atom. The van der Waals surface area contributed by atoms with E-state index in [2.05, 4.69) is 27.2 Å². The third-order valence-electron chi connectivity index (χ3n) is 4.91. The second-order valence-electron chi connectivity index (χ2n) is 6.92. The number of carbonyl (C=O) groups is 1. The molecule has 0 aliphatic carbocycles. The SMILES string of the molecule is C=CCN1c2ccccc2-c2nc(Nc3ccc4c(c3)NC(=O)CO4)ncc2S1(=O)=O. The Hall–Kier alpha value is -3.92. The third-order valence-corrected chi connectivity index (χ3v) is 6.70. The lowest BCUT2D eigenvalue weighted by Crippen LogP contribution is -2.35. The second kappa shape index (κ2) is 7.10. The van der Waals surface area contributed by atoms with Crippen molar-refractivity contribution in [2.45, 2.75) is 4.90 Å². The third kappa shape index (κ3) is 3.17. The van der Waals surface area contributed by atoms with Gasteiger partial charge in [0, 0.05) is 11.3 Å². The minimum Gasteiger partial charge on any atom is -0.482 e. The van der Waals surface area contributed by atoms with E-state index in [4.69, 9.17) is 4.74 Å². The largest absolute Gasteiger partial charge is 0.482 e. The van der Waals surface area contributed by atoms with Crippen molar-refractivity contribution in [3.63, 3.8) is 0 Å². The molecule has 10 heteroatoms. The van der Waals surface area contributed by atoms with E-state index in [0.29, 0.717) is 34.1 Å². The lowest BCUT2D eigenvalue weighted by atomic mass is 10.1. The molecular formula is C21H17N5O4S. The van der Waals surface area contributed by atoms with Gasteiger partial charge in [0.2, 0.25) is 5.95 Å². The fraction of sp³-hybridized carbons (Fsp3) is 0.0952. The smallest absolute Gasteiger partial charge is 0.268 e. The second-order valence-corrected chi connectivity index (χ2v) is 8.75. The molecule has 5 rings (SSSR count). The Morgan fingerprint density at radius 3 is 2.94 bits per heavy atom. The maximum Gasteiger partial charge on any atom is 0.268 e. The molecule has 2 N–H and O–H groups in total. The highest BCUT2D eigenvalue weighted by Gasteiger charge is 2.35. The van der Waals surface area contributed by atoms with E-state index in [0.717, 1.165) is 0 Å². The van der Waals surface area contributed by atoms with Crippen LogP contribution in [0.3, 0.4) is 0 Å². The Kier molecular flexibility index (Phi) is 4.36. The summed E-state index contributed by atoms with van der Waals surface area (Å²) in [6.45, 7) is 3.78. The maximum atomic E-state index is 13.1. The van der Waals surface area contributed by atoms with Crippen molar-refractivity contribution in [1.29, 1.82) is 0 Å². The van der Waals surface area contributed by atoms with E-state index in [1.807, 2.05) is 12.1 Å². The summed E-state index contributed by atoms with van der Waals surface area (Å²) in [5.41, 5.74) is 2.69. The number of amides is 1. The summed E-state index contributed by atoms with van der Waals surface area (Å²) in [4.78, 5) is 20.3. The molecule has 0 spiro atoms. The molecule has 0 saturated heterocycles. The van der Waals surface area contributed by atoms with E-state index in [-0.39, 0.29) is 29.9 Å². The highest BCUT2D eigenvalue weighted by Crippen LogP contribution is 2.42. The van der Waals surface area contributed by atoms with Gasteiger partial charge in [0.15, 0.2) is 6.61 Å². The Labute approximate surface area is 178 Å². The van der Waals surface area contributed by atoms with Gasteiger partial charge in [-0.3, -0.25) is 9.10 Å². The number of rotatable bonds is 4. The van der Waals surface area contributed by atoms with Crippen molar-refractivity contribution in [2.75, 3.05) is 28.1 Å². The molecule has 3 heterocycles. The normalized spacial score (nSPS) is 15.6. The van der Waals surface area contributed by atoms with Gasteiger partial charge in [0.05, 0.1) is 29.8 Å². The number of hydrogen-bond donors (Lipinski definition) is 2. The van der Waals surface area contributed by atoms with Gasteiger partial charge in [0.1, 0.15) is 10.6 Å². The lowest BCUT2D eigenvalue weighted by Gasteiger charge is -2.30. The van der Waals surface area contributed by atoms with Crippen molar-refractivity contribution in [1.82, 2.24) is 9.97 Å². The molecule has 0 radical (unpaired) electrons. The monoisotopic (exact) mass is 435 g/mol. The first-order valence-electron chi connectivity index (χ1n) is 9.41. The number of aromatic nitrogens is 2. The van der Waals surface area contributed by atoms with Crippen LogP contribution in [-0.2, 0) is 14.8 Å². The fourth-order valence-corrected chi connectivity index (χ4v) is 5.10. The number of nitrogens with one attached hydrogen (secondary N) is 2. The quantitative estimate of drug-likeness (QED) is 0.606. The summed E-state index contributed by atoms with van der Waals surface area (Å²) in [5.74, 6) is 0.559. The molecule has 0 saturated carbocycles. The molecule has 9 nitrogen and oxygen atoms in total. The van der Waals surface area contributed by atoms with E-state index in [9.17, 15) is 13.2 Å². The zero-order chi connectivity index (χ0) is 21.6. The van der Waals surface area contributed by atoms with Crippen LogP contribution in [0, 0.1) is 0 Å². The minimum atomic E-state index is -3.82. The van der Waals surface area contributed by atoms with Crippen molar-refractivity contribution >= 4 is 38.9 Å². The number of nitrogens with zero attached hydrogens (tertiary/aromatic N) is 3. The average Bonchev–Trinajstić information content (AvgIpc) is 2.76. The predicted molar refractivity (Wildman–Crippen MR) is 116 cm³/mol. The van der Waals surface area contributed by atoms with Gasteiger partial charge in [0.25, 0.3) is 15.9 Å². The van der Waals surface area contributed by atoms with Gasteiger partial charge >= 0.3 is 0 Å². The first-order chi connectivity index (χ1) is 15.0. The Morgan fingerprint density at radius 2 is 2.10 bits per heavy atom. The van der Waals surface area contributed by atoms with Crippen LogP contribution < -0.4 is 19.7 Å². The molecule has 0 fully saturated rings. The average molecular weight is 435 g/mol. The van der Waals surface area contributed by atoms with Gasteiger partial charge in [-0.1, -0.05) is 24.3 Å². The van der Waals surface area contributed by atoms with Crippen LogP contribution in [0.4, 0.5) is 23.0 Å². The molecule has 3 aromatic rings. The van der Waals surface area contributed by atoms with Crippen molar-refractivity contribution < 1.29 is 17.9 Å². The fourth-order valence-electron chi connectivity index (χ4n) is 3.56. The van der Waals surface area contributed by atoms with Crippen LogP contribution in [-0.4, -0.2) is 37.4 Å². The Balaban J connectivity index is 1.55. The maximum absolute atomic E-state index is 13.1. The summed E-state index contributed by atoms with van der Waals surface area (Å²) in [5, 5.41) is 5.80. The van der Waals surface area contributed by atoms with Crippen LogP contribution >= 0.6 is 0 Å². The standard InChI is InChI=1S/C21H17N5O4S/c1-2-9-26-16-6-4-3-5-14(16)20-18(31(26,28)29)11-22-21(25-20)23-13-7-8-17-15(10-13)24-19(27)12-30-17/h2-8,10-11H,1,9,12H2,(H,24,27)(H,22,23,25). The van der Waals surface area contributed by atoms with Crippen LogP contribution in [0.2, 0.25) is 0 Å². The summed E-state index contributed by atoms with van der Waals surface area (Å²) in [6, 6.07) is 12.3.